The molecule has 0 aromatic heterocycles. The Balaban J connectivity index is 1.82. The number of halogens is 2. The molecule has 2 aromatic carbocycles. The van der Waals surface area contributed by atoms with Crippen molar-refractivity contribution in [2.45, 2.75) is 13.1 Å². The molecule has 156 valence electrons. The molecule has 1 aliphatic rings. The van der Waals surface area contributed by atoms with Crippen LogP contribution in [0.4, 0.5) is 4.39 Å². The molecule has 7 nitrogen and oxygen atoms in total. The van der Waals surface area contributed by atoms with Gasteiger partial charge < -0.3 is 9.47 Å². The highest BCUT2D eigenvalue weighted by atomic mass is 35.5. The maximum Gasteiger partial charge on any atom is 0.337 e. The predicted molar refractivity (Wildman–Crippen MR) is 105 cm³/mol. The second-order valence-electron chi connectivity index (χ2n) is 6.43. The van der Waals surface area contributed by atoms with Crippen LogP contribution in [0.3, 0.4) is 0 Å². The maximum atomic E-state index is 13.2. The van der Waals surface area contributed by atoms with Crippen molar-refractivity contribution < 1.29 is 27.1 Å². The van der Waals surface area contributed by atoms with Crippen LogP contribution in [0.25, 0.3) is 0 Å². The van der Waals surface area contributed by atoms with Gasteiger partial charge in [-0.25, -0.2) is 9.18 Å². The van der Waals surface area contributed by atoms with Crippen molar-refractivity contribution in [3.05, 3.63) is 63.9 Å². The van der Waals surface area contributed by atoms with E-state index in [-0.39, 0.29) is 31.2 Å². The third-order valence-electron chi connectivity index (χ3n) is 4.66. The summed E-state index contributed by atoms with van der Waals surface area (Å²) < 4.78 is 51.7. The molecule has 1 aliphatic heterocycles. The fourth-order valence-corrected chi connectivity index (χ4v) is 4.90. The number of ether oxygens (including phenoxy) is 2. The van der Waals surface area contributed by atoms with Gasteiger partial charge in [0.1, 0.15) is 11.6 Å². The highest BCUT2D eigenvalue weighted by Gasteiger charge is 2.37. The van der Waals surface area contributed by atoms with Crippen molar-refractivity contribution in [3.8, 4) is 5.75 Å². The van der Waals surface area contributed by atoms with Gasteiger partial charge in [-0.05, 0) is 35.9 Å². The SMILES string of the molecule is COC(=O)c1ccc(OC)c(CN2CCN(Cc3ccc(F)cc3Cl)S2(=O)=O)c1. The van der Waals surface area contributed by atoms with Crippen molar-refractivity contribution in [1.82, 2.24) is 8.61 Å². The number of nitrogens with zero attached hydrogens (tertiary/aromatic N) is 2. The lowest BCUT2D eigenvalue weighted by atomic mass is 10.1. The second-order valence-corrected chi connectivity index (χ2v) is 8.76. The minimum Gasteiger partial charge on any atom is -0.496 e. The fraction of sp³-hybridized carbons (Fsp3) is 0.316. The first-order valence-electron chi connectivity index (χ1n) is 8.70. The number of benzene rings is 2. The molecule has 1 fully saturated rings. The molecule has 1 saturated heterocycles. The number of carbonyl (C=O) groups excluding carboxylic acids is 1. The third-order valence-corrected chi connectivity index (χ3v) is 6.94. The second kappa shape index (κ2) is 8.66. The van der Waals surface area contributed by atoms with Crippen LogP contribution in [-0.4, -0.2) is 50.3 Å². The first kappa shape index (κ1) is 21.5. The zero-order valence-corrected chi connectivity index (χ0v) is 17.5. The molecule has 3 rings (SSSR count). The molecular weight excluding hydrogens is 423 g/mol. The van der Waals surface area contributed by atoms with Crippen molar-refractivity contribution in [1.29, 1.82) is 0 Å². The summed E-state index contributed by atoms with van der Waals surface area (Å²) in [4.78, 5) is 11.8. The molecule has 29 heavy (non-hydrogen) atoms. The highest BCUT2D eigenvalue weighted by Crippen LogP contribution is 2.28. The average Bonchev–Trinajstić information content (AvgIpc) is 2.97. The Labute approximate surface area is 173 Å². The summed E-state index contributed by atoms with van der Waals surface area (Å²) in [6.07, 6.45) is 0. The van der Waals surface area contributed by atoms with Gasteiger partial charge in [-0.3, -0.25) is 0 Å². The Morgan fingerprint density at radius 1 is 1.07 bits per heavy atom. The summed E-state index contributed by atoms with van der Waals surface area (Å²) in [7, 11) is -1.03. The fourth-order valence-electron chi connectivity index (χ4n) is 3.12. The largest absolute Gasteiger partial charge is 0.496 e. The van der Waals surface area contributed by atoms with Crippen LogP contribution in [0.2, 0.25) is 5.02 Å². The summed E-state index contributed by atoms with van der Waals surface area (Å²) in [5.41, 5.74) is 1.36. The average molecular weight is 443 g/mol. The van der Waals surface area contributed by atoms with Crippen LogP contribution in [0.1, 0.15) is 21.5 Å². The first-order valence-corrected chi connectivity index (χ1v) is 10.5. The standard InChI is InChI=1S/C19H20ClFN2O5S/c1-27-18-6-4-13(19(24)28-2)9-15(18)12-23-8-7-22(29(23,25)26)11-14-3-5-16(21)10-17(14)20/h3-6,9-10H,7-8,11-12H2,1-2H3. The zero-order chi connectivity index (χ0) is 21.2. The molecule has 0 N–H and O–H groups in total. The number of hydrogen-bond donors (Lipinski definition) is 0. The lowest BCUT2D eigenvalue weighted by Gasteiger charge is -2.20. The monoisotopic (exact) mass is 442 g/mol. The lowest BCUT2D eigenvalue weighted by molar-refractivity contribution is 0.0600. The topological polar surface area (TPSA) is 76.2 Å². The molecule has 2 aromatic rings. The van der Waals surface area contributed by atoms with Gasteiger partial charge in [-0.1, -0.05) is 17.7 Å². The minimum absolute atomic E-state index is 0.0317. The highest BCUT2D eigenvalue weighted by molar-refractivity contribution is 7.86. The van der Waals surface area contributed by atoms with Crippen LogP contribution in [0.5, 0.6) is 5.75 Å². The smallest absolute Gasteiger partial charge is 0.337 e. The van der Waals surface area contributed by atoms with E-state index in [0.717, 1.165) is 6.07 Å². The predicted octanol–water partition coefficient (Wildman–Crippen LogP) is 2.84. The summed E-state index contributed by atoms with van der Waals surface area (Å²) in [6.45, 7) is 0.586. The number of carbonyl (C=O) groups is 1. The molecule has 0 radical (unpaired) electrons. The molecule has 1 heterocycles. The maximum absolute atomic E-state index is 13.2. The van der Waals surface area contributed by atoms with Crippen molar-refractivity contribution >= 4 is 27.8 Å². The van der Waals surface area contributed by atoms with E-state index in [1.807, 2.05) is 0 Å². The quantitative estimate of drug-likeness (QED) is 0.643. The van der Waals surface area contributed by atoms with Crippen LogP contribution in [-0.2, 0) is 28.0 Å². The van der Waals surface area contributed by atoms with E-state index >= 15 is 0 Å². The van der Waals surface area contributed by atoms with Crippen LogP contribution in [0, 0.1) is 5.82 Å². The number of hydrogen-bond acceptors (Lipinski definition) is 5. The lowest BCUT2D eigenvalue weighted by Crippen LogP contribution is -2.32. The molecule has 0 unspecified atom stereocenters. The number of methoxy groups -OCH3 is 2. The van der Waals surface area contributed by atoms with Gasteiger partial charge in [-0.2, -0.15) is 17.0 Å². The van der Waals surface area contributed by atoms with Crippen LogP contribution < -0.4 is 4.74 Å². The van der Waals surface area contributed by atoms with Gasteiger partial charge in [0.25, 0.3) is 10.2 Å². The molecule has 0 atom stereocenters. The first-order chi connectivity index (χ1) is 13.8. The molecule has 0 spiro atoms. The molecule has 0 saturated carbocycles. The van der Waals surface area contributed by atoms with Gasteiger partial charge >= 0.3 is 5.97 Å². The Morgan fingerprint density at radius 2 is 1.72 bits per heavy atom. The van der Waals surface area contributed by atoms with Crippen molar-refractivity contribution in [3.63, 3.8) is 0 Å². The molecule has 0 amide bonds. The van der Waals surface area contributed by atoms with E-state index in [1.54, 1.807) is 18.2 Å². The molecule has 0 bridgehead atoms. The van der Waals surface area contributed by atoms with Crippen LogP contribution >= 0.6 is 11.6 Å². The van der Waals surface area contributed by atoms with E-state index in [2.05, 4.69) is 0 Å². The zero-order valence-electron chi connectivity index (χ0n) is 15.9. The Morgan fingerprint density at radius 3 is 2.31 bits per heavy atom. The van der Waals surface area contributed by atoms with E-state index in [4.69, 9.17) is 21.1 Å². The summed E-state index contributed by atoms with van der Waals surface area (Å²) in [5.74, 6) is -0.541. The van der Waals surface area contributed by atoms with Gasteiger partial charge in [0, 0.05) is 36.8 Å². The summed E-state index contributed by atoms with van der Waals surface area (Å²) in [6, 6.07) is 8.57. The van der Waals surface area contributed by atoms with Crippen LogP contribution in [0.15, 0.2) is 36.4 Å². The molecular formula is C19H20ClFN2O5S. The van der Waals surface area contributed by atoms with E-state index < -0.39 is 22.0 Å². The van der Waals surface area contributed by atoms with E-state index in [9.17, 15) is 17.6 Å². The van der Waals surface area contributed by atoms with Gasteiger partial charge in [0.05, 0.1) is 19.8 Å². The van der Waals surface area contributed by atoms with Crippen molar-refractivity contribution in [2.75, 3.05) is 27.3 Å². The van der Waals surface area contributed by atoms with Crippen molar-refractivity contribution in [2.24, 2.45) is 0 Å². The number of esters is 1. The normalized spacial score (nSPS) is 16.7. The minimum atomic E-state index is -3.77. The number of rotatable bonds is 6. The van der Waals surface area contributed by atoms with Gasteiger partial charge in [0.15, 0.2) is 0 Å². The van der Waals surface area contributed by atoms with E-state index in [1.165, 1.54) is 35.0 Å². The summed E-state index contributed by atoms with van der Waals surface area (Å²) in [5, 5.41) is 0.172. The Hall–Kier alpha value is -2.20. The summed E-state index contributed by atoms with van der Waals surface area (Å²) >= 11 is 6.03. The third kappa shape index (κ3) is 4.53. The van der Waals surface area contributed by atoms with Gasteiger partial charge in [-0.15, -0.1) is 0 Å². The Bertz CT molecular complexity index is 1030. The van der Waals surface area contributed by atoms with Gasteiger partial charge in [0.2, 0.25) is 0 Å². The molecule has 10 heteroatoms. The van der Waals surface area contributed by atoms with E-state index in [0.29, 0.717) is 22.4 Å². The molecule has 0 aliphatic carbocycles. The Kier molecular flexibility index (Phi) is 6.42.